The minimum atomic E-state index is -1.31. The van der Waals surface area contributed by atoms with Crippen molar-refractivity contribution in [2.24, 2.45) is 5.41 Å². The number of barbiturate groups is 1. The molecule has 1 spiro atoms. The third-order valence-electron chi connectivity index (χ3n) is 5.41. The lowest BCUT2D eigenvalue weighted by atomic mass is 9.68. The molecule has 3 aliphatic rings. The summed E-state index contributed by atoms with van der Waals surface area (Å²) in [5.74, 6) is -0.879. The smallest absolute Gasteiger partial charge is 0.332 e. The van der Waals surface area contributed by atoms with E-state index in [1.807, 2.05) is 24.3 Å². The van der Waals surface area contributed by atoms with Crippen LogP contribution in [0, 0.1) is 5.41 Å². The fourth-order valence-electron chi connectivity index (χ4n) is 4.18. The number of nitrogens with zero attached hydrogens (tertiary/aromatic N) is 3. The lowest BCUT2D eigenvalue weighted by Gasteiger charge is -2.54. The van der Waals surface area contributed by atoms with Crippen molar-refractivity contribution >= 4 is 23.5 Å². The fraction of sp³-hybridized carbons (Fsp3) is 0.471. The average Bonchev–Trinajstić information content (AvgIpc) is 2.63. The van der Waals surface area contributed by atoms with Gasteiger partial charge in [-0.2, -0.15) is 0 Å². The summed E-state index contributed by atoms with van der Waals surface area (Å²) in [6.07, 6.45) is 0.285. The van der Waals surface area contributed by atoms with Crippen LogP contribution in [0.15, 0.2) is 24.3 Å². The van der Waals surface area contributed by atoms with Crippen LogP contribution in [0.1, 0.15) is 5.56 Å². The molecule has 126 valence electrons. The monoisotopic (exact) mass is 329 g/mol. The molecule has 0 aromatic heterocycles. The molecule has 3 heterocycles. The van der Waals surface area contributed by atoms with Gasteiger partial charge < -0.3 is 9.64 Å². The van der Waals surface area contributed by atoms with Gasteiger partial charge in [0.25, 0.3) is 0 Å². The number of hydrogen-bond acceptors (Lipinski definition) is 5. The van der Waals surface area contributed by atoms with Gasteiger partial charge in [-0.3, -0.25) is 19.4 Å². The molecule has 2 fully saturated rings. The molecule has 0 bridgehead atoms. The van der Waals surface area contributed by atoms with Crippen molar-refractivity contribution < 1.29 is 19.1 Å². The highest BCUT2D eigenvalue weighted by Crippen LogP contribution is 2.46. The Morgan fingerprint density at radius 1 is 1.08 bits per heavy atom. The van der Waals surface area contributed by atoms with Crippen LogP contribution in [-0.2, 0) is 20.7 Å². The van der Waals surface area contributed by atoms with Crippen LogP contribution in [0.3, 0.4) is 0 Å². The van der Waals surface area contributed by atoms with E-state index in [2.05, 4.69) is 4.90 Å². The predicted molar refractivity (Wildman–Crippen MR) is 85.5 cm³/mol. The Kier molecular flexibility index (Phi) is 3.18. The number of urea groups is 1. The maximum atomic E-state index is 13.1. The van der Waals surface area contributed by atoms with Crippen LogP contribution in [0.2, 0.25) is 0 Å². The fourth-order valence-corrected chi connectivity index (χ4v) is 4.18. The SMILES string of the molecule is CN1C(=O)N(C)C(=O)C2(Cc3ccccc3N3CCOC[C@@H]32)C1=O. The number of ether oxygens (including phenoxy) is 1. The van der Waals surface area contributed by atoms with Gasteiger partial charge in [-0.1, -0.05) is 18.2 Å². The van der Waals surface area contributed by atoms with Crippen LogP contribution >= 0.6 is 0 Å². The van der Waals surface area contributed by atoms with E-state index in [1.165, 1.54) is 14.1 Å². The Morgan fingerprint density at radius 3 is 2.46 bits per heavy atom. The lowest BCUT2D eigenvalue weighted by molar-refractivity contribution is -0.161. The van der Waals surface area contributed by atoms with E-state index in [-0.39, 0.29) is 6.42 Å². The molecule has 7 nitrogen and oxygen atoms in total. The number of para-hydroxylation sites is 1. The molecular formula is C17H19N3O4. The Labute approximate surface area is 139 Å². The zero-order valence-electron chi connectivity index (χ0n) is 13.7. The molecule has 0 radical (unpaired) electrons. The van der Waals surface area contributed by atoms with E-state index >= 15 is 0 Å². The summed E-state index contributed by atoms with van der Waals surface area (Å²) in [5, 5.41) is 0. The highest BCUT2D eigenvalue weighted by molar-refractivity contribution is 6.20. The Balaban J connectivity index is 1.91. The minimum Gasteiger partial charge on any atom is -0.377 e. The first-order valence-corrected chi connectivity index (χ1v) is 8.01. The average molecular weight is 329 g/mol. The van der Waals surface area contributed by atoms with Gasteiger partial charge in [0.05, 0.1) is 19.3 Å². The van der Waals surface area contributed by atoms with Crippen molar-refractivity contribution in [1.82, 2.24) is 9.80 Å². The summed E-state index contributed by atoms with van der Waals surface area (Å²) in [6.45, 7) is 1.46. The summed E-state index contributed by atoms with van der Waals surface area (Å²) in [6, 6.07) is 6.83. The Morgan fingerprint density at radius 2 is 1.75 bits per heavy atom. The summed E-state index contributed by atoms with van der Waals surface area (Å²) in [7, 11) is 2.87. The van der Waals surface area contributed by atoms with E-state index in [1.54, 1.807) is 0 Å². The molecular weight excluding hydrogens is 310 g/mol. The zero-order valence-corrected chi connectivity index (χ0v) is 13.7. The number of carbonyl (C=O) groups is 3. The molecule has 1 aromatic rings. The van der Waals surface area contributed by atoms with E-state index in [9.17, 15) is 14.4 Å². The number of carbonyl (C=O) groups excluding carboxylic acids is 3. The van der Waals surface area contributed by atoms with Crippen molar-refractivity contribution in [1.29, 1.82) is 0 Å². The maximum absolute atomic E-state index is 13.1. The van der Waals surface area contributed by atoms with E-state index < -0.39 is 29.3 Å². The maximum Gasteiger partial charge on any atom is 0.332 e. The van der Waals surface area contributed by atoms with Gasteiger partial charge in [0.1, 0.15) is 0 Å². The Bertz CT molecular complexity index is 723. The lowest BCUT2D eigenvalue weighted by Crippen LogP contribution is -2.73. The first-order chi connectivity index (χ1) is 11.5. The molecule has 1 atom stereocenters. The van der Waals surface area contributed by atoms with Crippen LogP contribution in [0.4, 0.5) is 10.5 Å². The second-order valence-electron chi connectivity index (χ2n) is 6.57. The van der Waals surface area contributed by atoms with E-state index in [0.29, 0.717) is 19.8 Å². The topological polar surface area (TPSA) is 70.2 Å². The number of morpholine rings is 1. The van der Waals surface area contributed by atoms with Crippen molar-refractivity contribution in [3.63, 3.8) is 0 Å². The van der Waals surface area contributed by atoms with Gasteiger partial charge in [0.15, 0.2) is 5.41 Å². The second kappa shape index (κ2) is 5.04. The van der Waals surface area contributed by atoms with Crippen LogP contribution in [0.25, 0.3) is 0 Å². The Hall–Kier alpha value is -2.41. The highest BCUT2D eigenvalue weighted by Gasteiger charge is 2.63. The van der Waals surface area contributed by atoms with Crippen LogP contribution in [-0.4, -0.2) is 67.5 Å². The molecule has 0 unspecified atom stereocenters. The van der Waals surface area contributed by atoms with Crippen molar-refractivity contribution in [3.8, 4) is 0 Å². The zero-order chi connectivity index (χ0) is 17.1. The number of amides is 4. The van der Waals surface area contributed by atoms with Gasteiger partial charge in [-0.15, -0.1) is 0 Å². The van der Waals surface area contributed by atoms with Crippen LogP contribution in [0.5, 0.6) is 0 Å². The summed E-state index contributed by atoms with van der Waals surface area (Å²) in [5.41, 5.74) is 0.680. The van der Waals surface area contributed by atoms with E-state index in [0.717, 1.165) is 21.1 Å². The number of hydrogen-bond donors (Lipinski definition) is 0. The standard InChI is InChI=1S/C17H19N3O4/c1-18-14(21)17(15(22)19(2)16(18)23)9-11-5-3-4-6-12(11)20-7-8-24-10-13(17)20/h3-6,13H,7-10H2,1-2H3/t13-/m1/s1. The molecule has 2 saturated heterocycles. The first kappa shape index (κ1) is 15.1. The predicted octanol–water partition coefficient (Wildman–Crippen LogP) is 0.485. The van der Waals surface area contributed by atoms with Gasteiger partial charge in [0, 0.05) is 26.3 Å². The largest absolute Gasteiger partial charge is 0.377 e. The third-order valence-corrected chi connectivity index (χ3v) is 5.41. The highest BCUT2D eigenvalue weighted by atomic mass is 16.5. The summed E-state index contributed by atoms with van der Waals surface area (Å²) < 4.78 is 5.61. The van der Waals surface area contributed by atoms with Gasteiger partial charge >= 0.3 is 6.03 Å². The van der Waals surface area contributed by atoms with Gasteiger partial charge in [-0.25, -0.2) is 4.79 Å². The van der Waals surface area contributed by atoms with E-state index in [4.69, 9.17) is 4.74 Å². The minimum absolute atomic E-state index is 0.285. The molecule has 3 aliphatic heterocycles. The molecule has 7 heteroatoms. The van der Waals surface area contributed by atoms with Crippen molar-refractivity contribution in [2.45, 2.75) is 12.5 Å². The number of imide groups is 2. The molecule has 0 N–H and O–H groups in total. The van der Waals surface area contributed by atoms with Crippen LogP contribution < -0.4 is 4.90 Å². The summed E-state index contributed by atoms with van der Waals surface area (Å²) >= 11 is 0. The van der Waals surface area contributed by atoms with Gasteiger partial charge in [-0.05, 0) is 18.1 Å². The molecule has 4 amide bonds. The second-order valence-corrected chi connectivity index (χ2v) is 6.57. The quantitative estimate of drug-likeness (QED) is 0.648. The number of benzene rings is 1. The number of fused-ring (bicyclic) bond motifs is 4. The molecule has 4 rings (SSSR count). The number of rotatable bonds is 0. The molecule has 1 aromatic carbocycles. The molecule has 0 aliphatic carbocycles. The third kappa shape index (κ3) is 1.73. The molecule has 0 saturated carbocycles. The van der Waals surface area contributed by atoms with Crippen molar-refractivity contribution in [3.05, 3.63) is 29.8 Å². The summed E-state index contributed by atoms with van der Waals surface area (Å²) in [4.78, 5) is 42.6. The first-order valence-electron chi connectivity index (χ1n) is 8.01. The van der Waals surface area contributed by atoms with Gasteiger partial charge in [0.2, 0.25) is 11.8 Å². The van der Waals surface area contributed by atoms with Crippen molar-refractivity contribution in [2.75, 3.05) is 38.8 Å². The normalized spacial score (nSPS) is 25.8. The number of anilines is 1. The molecule has 24 heavy (non-hydrogen) atoms.